The van der Waals surface area contributed by atoms with E-state index in [4.69, 9.17) is 0 Å². The summed E-state index contributed by atoms with van der Waals surface area (Å²) in [5.74, 6) is 0. The van der Waals surface area contributed by atoms with Crippen LogP contribution in [0.1, 0.15) is 26.5 Å². The first-order chi connectivity index (χ1) is 8.89. The summed E-state index contributed by atoms with van der Waals surface area (Å²) in [5.41, 5.74) is 1.87. The lowest BCUT2D eigenvalue weighted by Crippen LogP contribution is -2.38. The van der Waals surface area contributed by atoms with Crippen LogP contribution in [0.15, 0.2) is 23.0 Å². The summed E-state index contributed by atoms with van der Waals surface area (Å²) >= 11 is 0. The Kier molecular flexibility index (Phi) is 2.46. The van der Waals surface area contributed by atoms with Gasteiger partial charge in [0.15, 0.2) is 0 Å². The lowest BCUT2D eigenvalue weighted by atomic mass is 10.0. The molecule has 4 nitrogen and oxygen atoms in total. The predicted octanol–water partition coefficient (Wildman–Crippen LogP) is 2.14. The van der Waals surface area contributed by atoms with Crippen LogP contribution in [-0.4, -0.2) is 23.4 Å². The normalized spacial score (nSPS) is 15.1. The highest BCUT2D eigenvalue weighted by molar-refractivity contribution is 5.96. The van der Waals surface area contributed by atoms with Crippen LogP contribution in [-0.2, 0) is 12.0 Å². The van der Waals surface area contributed by atoms with Crippen molar-refractivity contribution in [2.75, 3.05) is 18.5 Å². The second-order valence-corrected chi connectivity index (χ2v) is 6.21. The van der Waals surface area contributed by atoms with Gasteiger partial charge in [0.25, 0.3) is 5.56 Å². The molecule has 0 radical (unpaired) electrons. The molecule has 1 aliphatic rings. The molecule has 0 unspecified atom stereocenters. The van der Waals surface area contributed by atoms with Crippen LogP contribution in [0.4, 0.5) is 5.69 Å². The van der Waals surface area contributed by atoms with Crippen molar-refractivity contribution in [1.82, 2.24) is 9.78 Å². The molecule has 4 heteroatoms. The SMILES string of the molecule is CN1CCc2nn(C(C)(C)C)c(=O)c3cccc1c23. The van der Waals surface area contributed by atoms with Crippen molar-refractivity contribution < 1.29 is 0 Å². The smallest absolute Gasteiger partial charge is 0.275 e. The summed E-state index contributed by atoms with van der Waals surface area (Å²) in [4.78, 5) is 14.8. The Morgan fingerprint density at radius 3 is 2.68 bits per heavy atom. The number of hydrogen-bond acceptors (Lipinski definition) is 3. The Balaban J connectivity index is 2.46. The third-order valence-electron chi connectivity index (χ3n) is 3.71. The van der Waals surface area contributed by atoms with Gasteiger partial charge in [-0.05, 0) is 32.9 Å². The molecule has 1 aliphatic heterocycles. The Morgan fingerprint density at radius 2 is 2.00 bits per heavy atom. The largest absolute Gasteiger partial charge is 0.374 e. The molecule has 0 aliphatic carbocycles. The Hall–Kier alpha value is -1.84. The highest BCUT2D eigenvalue weighted by Gasteiger charge is 2.24. The fraction of sp³-hybridized carbons (Fsp3) is 0.467. The average Bonchev–Trinajstić information content (AvgIpc) is 2.35. The zero-order chi connectivity index (χ0) is 13.8. The van der Waals surface area contributed by atoms with E-state index in [1.807, 2.05) is 32.9 Å². The number of benzene rings is 1. The van der Waals surface area contributed by atoms with Gasteiger partial charge >= 0.3 is 0 Å². The minimum absolute atomic E-state index is 0.00315. The van der Waals surface area contributed by atoms with Gasteiger partial charge in [0.1, 0.15) is 0 Å². The van der Waals surface area contributed by atoms with E-state index in [-0.39, 0.29) is 11.1 Å². The van der Waals surface area contributed by atoms with E-state index in [2.05, 4.69) is 23.1 Å². The van der Waals surface area contributed by atoms with Gasteiger partial charge in [-0.2, -0.15) is 5.10 Å². The van der Waals surface area contributed by atoms with E-state index in [1.165, 1.54) is 0 Å². The summed E-state index contributed by atoms with van der Waals surface area (Å²) in [6.07, 6.45) is 0.889. The molecule has 19 heavy (non-hydrogen) atoms. The topological polar surface area (TPSA) is 38.1 Å². The molecule has 0 atom stereocenters. The van der Waals surface area contributed by atoms with Gasteiger partial charge in [-0.15, -0.1) is 0 Å². The first kappa shape index (κ1) is 12.2. The molecule has 0 bridgehead atoms. The van der Waals surface area contributed by atoms with Crippen molar-refractivity contribution in [3.05, 3.63) is 34.2 Å². The van der Waals surface area contributed by atoms with E-state index in [1.54, 1.807) is 4.68 Å². The summed E-state index contributed by atoms with van der Waals surface area (Å²) < 4.78 is 1.62. The maximum Gasteiger partial charge on any atom is 0.275 e. The van der Waals surface area contributed by atoms with Crippen molar-refractivity contribution >= 4 is 16.5 Å². The molecule has 100 valence electrons. The summed E-state index contributed by atoms with van der Waals surface area (Å²) in [6, 6.07) is 5.93. The van der Waals surface area contributed by atoms with Gasteiger partial charge < -0.3 is 4.90 Å². The van der Waals surface area contributed by atoms with Crippen LogP contribution in [0.5, 0.6) is 0 Å². The molecule has 0 fully saturated rings. The lowest BCUT2D eigenvalue weighted by molar-refractivity contribution is 0.337. The number of nitrogens with zero attached hydrogens (tertiary/aromatic N) is 3. The second-order valence-electron chi connectivity index (χ2n) is 6.21. The molecule has 0 saturated carbocycles. The van der Waals surface area contributed by atoms with Crippen molar-refractivity contribution in [2.24, 2.45) is 0 Å². The summed E-state index contributed by atoms with van der Waals surface area (Å²) in [7, 11) is 2.06. The monoisotopic (exact) mass is 257 g/mol. The Labute approximate surface area is 112 Å². The fourth-order valence-electron chi connectivity index (χ4n) is 2.69. The van der Waals surface area contributed by atoms with Crippen LogP contribution < -0.4 is 10.5 Å². The molecular formula is C15H19N3O. The van der Waals surface area contributed by atoms with Crippen LogP contribution in [0.25, 0.3) is 10.8 Å². The van der Waals surface area contributed by atoms with E-state index >= 15 is 0 Å². The summed E-state index contributed by atoms with van der Waals surface area (Å²) in [6.45, 7) is 6.98. The molecule has 3 rings (SSSR count). The van der Waals surface area contributed by atoms with E-state index in [9.17, 15) is 4.79 Å². The zero-order valence-corrected chi connectivity index (χ0v) is 11.9. The average molecular weight is 257 g/mol. The molecule has 0 amide bonds. The first-order valence-electron chi connectivity index (χ1n) is 6.66. The van der Waals surface area contributed by atoms with Crippen LogP contribution in [0.3, 0.4) is 0 Å². The van der Waals surface area contributed by atoms with Gasteiger partial charge in [-0.25, -0.2) is 4.68 Å². The molecule has 2 heterocycles. The maximum absolute atomic E-state index is 12.6. The minimum atomic E-state index is -0.291. The highest BCUT2D eigenvalue weighted by atomic mass is 16.1. The molecule has 0 spiro atoms. The lowest BCUT2D eigenvalue weighted by Gasteiger charge is -2.29. The van der Waals surface area contributed by atoms with Gasteiger partial charge in [0.05, 0.1) is 16.6 Å². The van der Waals surface area contributed by atoms with E-state index < -0.39 is 0 Å². The van der Waals surface area contributed by atoms with Crippen LogP contribution >= 0.6 is 0 Å². The Morgan fingerprint density at radius 1 is 1.26 bits per heavy atom. The number of anilines is 1. The van der Waals surface area contributed by atoms with Crippen LogP contribution in [0.2, 0.25) is 0 Å². The summed E-state index contributed by atoms with van der Waals surface area (Å²) in [5, 5.41) is 6.43. The quantitative estimate of drug-likeness (QED) is 0.725. The maximum atomic E-state index is 12.6. The first-order valence-corrected chi connectivity index (χ1v) is 6.66. The standard InChI is InChI=1S/C15H19N3O/c1-15(2,3)18-14(19)10-6-5-7-12-13(10)11(16-18)8-9-17(12)4/h5-7H,8-9H2,1-4H3. The number of likely N-dealkylation sites (N-methyl/N-ethyl adjacent to an activating group) is 1. The number of rotatable bonds is 0. The Bertz CT molecular complexity index is 710. The van der Waals surface area contributed by atoms with Crippen molar-refractivity contribution in [3.8, 4) is 0 Å². The van der Waals surface area contributed by atoms with Gasteiger partial charge in [0.2, 0.25) is 0 Å². The van der Waals surface area contributed by atoms with Crippen molar-refractivity contribution in [2.45, 2.75) is 32.7 Å². The zero-order valence-electron chi connectivity index (χ0n) is 11.9. The van der Waals surface area contributed by atoms with Crippen molar-refractivity contribution in [3.63, 3.8) is 0 Å². The minimum Gasteiger partial charge on any atom is -0.374 e. The highest BCUT2D eigenvalue weighted by Crippen LogP contribution is 2.31. The molecular weight excluding hydrogens is 238 g/mol. The van der Waals surface area contributed by atoms with Gasteiger partial charge in [-0.1, -0.05) is 6.07 Å². The molecule has 2 aromatic rings. The van der Waals surface area contributed by atoms with Gasteiger partial charge in [0, 0.05) is 31.1 Å². The molecule has 0 N–H and O–H groups in total. The molecule has 1 aromatic heterocycles. The van der Waals surface area contributed by atoms with E-state index in [0.29, 0.717) is 0 Å². The number of hydrogen-bond donors (Lipinski definition) is 0. The van der Waals surface area contributed by atoms with E-state index in [0.717, 1.165) is 35.1 Å². The predicted molar refractivity (Wildman–Crippen MR) is 78.0 cm³/mol. The van der Waals surface area contributed by atoms with Crippen molar-refractivity contribution in [1.29, 1.82) is 0 Å². The second kappa shape index (κ2) is 3.83. The molecule has 1 aromatic carbocycles. The van der Waals surface area contributed by atoms with Gasteiger partial charge in [-0.3, -0.25) is 4.79 Å². The third-order valence-corrected chi connectivity index (χ3v) is 3.71. The fourth-order valence-corrected chi connectivity index (χ4v) is 2.69. The third kappa shape index (κ3) is 1.74. The molecule has 0 saturated heterocycles. The number of aromatic nitrogens is 2. The van der Waals surface area contributed by atoms with Crippen LogP contribution in [0, 0.1) is 0 Å².